The van der Waals surface area contributed by atoms with Crippen LogP contribution in [0, 0.1) is 0 Å². The fourth-order valence-corrected chi connectivity index (χ4v) is 4.02. The van der Waals surface area contributed by atoms with E-state index in [4.69, 9.17) is 14.8 Å². The van der Waals surface area contributed by atoms with Gasteiger partial charge in [0.05, 0.1) is 10.5 Å². The molecule has 0 radical (unpaired) electrons. The fourth-order valence-electron chi connectivity index (χ4n) is 3.50. The molecule has 0 atom stereocenters. The molecule has 0 spiro atoms. The summed E-state index contributed by atoms with van der Waals surface area (Å²) in [5.41, 5.74) is 3.43. The zero-order valence-corrected chi connectivity index (χ0v) is 17.8. The van der Waals surface area contributed by atoms with Gasteiger partial charge in [-0.15, -0.1) is 0 Å². The lowest BCUT2D eigenvalue weighted by Crippen LogP contribution is -2.11. The predicted octanol–water partition coefficient (Wildman–Crippen LogP) is 4.53. The highest BCUT2D eigenvalue weighted by atomic mass is 32.2. The number of primary sulfonamides is 1. The number of sulfonamides is 1. The van der Waals surface area contributed by atoms with Crippen LogP contribution in [0.25, 0.3) is 22.4 Å². The molecule has 0 aliphatic carbocycles. The zero-order chi connectivity index (χ0) is 21.4. The standard InChI is InChI=1S/C23H28N2O4S/c24-30(27,28)20-15-13-18(14-16-20)22-21(12-8-3-1-2-4-9-17-26)29-25-23(22)19-10-6-5-7-11-19/h5-7,10-11,13-16,26H,1-4,8-9,12,17H2,(H2,24,27,28). The van der Waals surface area contributed by atoms with Crippen LogP contribution in [0.15, 0.2) is 64.0 Å². The molecule has 0 saturated carbocycles. The smallest absolute Gasteiger partial charge is 0.238 e. The van der Waals surface area contributed by atoms with Crippen molar-refractivity contribution in [2.75, 3.05) is 6.61 Å². The topological polar surface area (TPSA) is 106 Å². The number of benzene rings is 2. The molecule has 7 heteroatoms. The summed E-state index contributed by atoms with van der Waals surface area (Å²) in [6.07, 6.45) is 6.97. The minimum Gasteiger partial charge on any atom is -0.396 e. The summed E-state index contributed by atoms with van der Waals surface area (Å²) in [7, 11) is -3.74. The molecule has 30 heavy (non-hydrogen) atoms. The number of aliphatic hydroxyl groups is 1. The zero-order valence-electron chi connectivity index (χ0n) is 17.0. The molecule has 1 heterocycles. The van der Waals surface area contributed by atoms with E-state index in [2.05, 4.69) is 5.16 Å². The molecular weight excluding hydrogens is 400 g/mol. The monoisotopic (exact) mass is 428 g/mol. The van der Waals surface area contributed by atoms with Crippen LogP contribution in [0.2, 0.25) is 0 Å². The summed E-state index contributed by atoms with van der Waals surface area (Å²) in [6.45, 7) is 0.258. The number of rotatable bonds is 11. The van der Waals surface area contributed by atoms with Crippen LogP contribution in [0.1, 0.15) is 44.3 Å². The molecule has 0 aliphatic heterocycles. The largest absolute Gasteiger partial charge is 0.396 e. The first-order valence-electron chi connectivity index (χ1n) is 10.3. The Kier molecular flexibility index (Phi) is 7.79. The van der Waals surface area contributed by atoms with Crippen LogP contribution in [0.5, 0.6) is 0 Å². The Morgan fingerprint density at radius 2 is 1.47 bits per heavy atom. The van der Waals surface area contributed by atoms with Crippen molar-refractivity contribution in [3.63, 3.8) is 0 Å². The van der Waals surface area contributed by atoms with Crippen LogP contribution in [-0.4, -0.2) is 25.3 Å². The Morgan fingerprint density at radius 1 is 0.833 bits per heavy atom. The highest BCUT2D eigenvalue weighted by Crippen LogP contribution is 2.35. The number of aliphatic hydroxyl groups excluding tert-OH is 1. The Bertz CT molecular complexity index is 1030. The molecule has 3 aromatic rings. The van der Waals surface area contributed by atoms with Crippen molar-refractivity contribution in [1.29, 1.82) is 0 Å². The lowest BCUT2D eigenvalue weighted by molar-refractivity contribution is 0.282. The SMILES string of the molecule is NS(=O)(=O)c1ccc(-c2c(-c3ccccc3)noc2CCCCCCCCO)cc1. The van der Waals surface area contributed by atoms with Gasteiger partial charge in [-0.25, -0.2) is 13.6 Å². The number of unbranched alkanes of at least 4 members (excludes halogenated alkanes) is 5. The molecule has 0 amide bonds. The van der Waals surface area contributed by atoms with Crippen LogP contribution in [0.4, 0.5) is 0 Å². The van der Waals surface area contributed by atoms with Crippen molar-refractivity contribution in [3.8, 4) is 22.4 Å². The minimum atomic E-state index is -3.74. The fraction of sp³-hybridized carbons (Fsp3) is 0.348. The van der Waals surface area contributed by atoms with E-state index < -0.39 is 10.0 Å². The van der Waals surface area contributed by atoms with Crippen LogP contribution >= 0.6 is 0 Å². The van der Waals surface area contributed by atoms with E-state index in [1.165, 1.54) is 12.1 Å². The van der Waals surface area contributed by atoms with E-state index >= 15 is 0 Å². The van der Waals surface area contributed by atoms with Crippen molar-refractivity contribution < 1.29 is 18.0 Å². The summed E-state index contributed by atoms with van der Waals surface area (Å²) in [5, 5.41) is 18.4. The van der Waals surface area contributed by atoms with Crippen molar-refractivity contribution in [2.45, 2.75) is 49.8 Å². The maximum absolute atomic E-state index is 11.6. The van der Waals surface area contributed by atoms with E-state index in [0.717, 1.165) is 73.1 Å². The number of aromatic nitrogens is 1. The van der Waals surface area contributed by atoms with Gasteiger partial charge in [-0.2, -0.15) is 0 Å². The summed E-state index contributed by atoms with van der Waals surface area (Å²) in [5.74, 6) is 0.799. The van der Waals surface area contributed by atoms with Gasteiger partial charge in [-0.3, -0.25) is 0 Å². The number of hydrogen-bond acceptors (Lipinski definition) is 5. The van der Waals surface area contributed by atoms with E-state index in [1.807, 2.05) is 30.3 Å². The predicted molar refractivity (Wildman–Crippen MR) is 117 cm³/mol. The first-order chi connectivity index (χ1) is 14.5. The minimum absolute atomic E-state index is 0.0772. The number of nitrogens with two attached hydrogens (primary N) is 1. The first-order valence-corrected chi connectivity index (χ1v) is 11.8. The summed E-state index contributed by atoms with van der Waals surface area (Å²) in [4.78, 5) is 0.0772. The second-order valence-corrected chi connectivity index (χ2v) is 8.92. The third-order valence-corrected chi connectivity index (χ3v) is 6.02. The summed E-state index contributed by atoms with van der Waals surface area (Å²) < 4.78 is 28.9. The van der Waals surface area contributed by atoms with Crippen molar-refractivity contribution >= 4 is 10.0 Å². The molecule has 3 N–H and O–H groups in total. The molecule has 0 saturated heterocycles. The van der Waals surface area contributed by atoms with Crippen LogP contribution in [0.3, 0.4) is 0 Å². The van der Waals surface area contributed by atoms with Gasteiger partial charge >= 0.3 is 0 Å². The molecular formula is C23H28N2O4S. The number of nitrogens with zero attached hydrogens (tertiary/aromatic N) is 1. The molecule has 6 nitrogen and oxygen atoms in total. The van der Waals surface area contributed by atoms with Gasteiger partial charge < -0.3 is 9.63 Å². The Balaban J connectivity index is 1.82. The van der Waals surface area contributed by atoms with Crippen molar-refractivity contribution in [2.24, 2.45) is 5.14 Å². The quantitative estimate of drug-likeness (QED) is 0.436. The van der Waals surface area contributed by atoms with Crippen LogP contribution in [-0.2, 0) is 16.4 Å². The Hall–Kier alpha value is -2.48. The third kappa shape index (κ3) is 5.78. The maximum atomic E-state index is 11.6. The maximum Gasteiger partial charge on any atom is 0.238 e. The van der Waals surface area contributed by atoms with Gasteiger partial charge in [0.15, 0.2) is 0 Å². The van der Waals surface area contributed by atoms with Crippen molar-refractivity contribution in [1.82, 2.24) is 5.16 Å². The highest BCUT2D eigenvalue weighted by molar-refractivity contribution is 7.89. The van der Waals surface area contributed by atoms with E-state index in [0.29, 0.717) is 0 Å². The molecule has 0 unspecified atom stereocenters. The summed E-state index contributed by atoms with van der Waals surface area (Å²) >= 11 is 0. The van der Waals surface area contributed by atoms with Gasteiger partial charge in [-0.05, 0) is 30.5 Å². The lowest BCUT2D eigenvalue weighted by Gasteiger charge is -2.07. The van der Waals surface area contributed by atoms with E-state index in [-0.39, 0.29) is 11.5 Å². The molecule has 2 aromatic carbocycles. The normalized spacial score (nSPS) is 11.7. The number of hydrogen-bond donors (Lipinski definition) is 2. The van der Waals surface area contributed by atoms with Crippen LogP contribution < -0.4 is 5.14 Å². The second kappa shape index (κ2) is 10.5. The molecule has 160 valence electrons. The second-order valence-electron chi connectivity index (χ2n) is 7.36. The van der Waals surface area contributed by atoms with Crippen molar-refractivity contribution in [3.05, 3.63) is 60.4 Å². The molecule has 3 rings (SSSR count). The molecule has 0 fully saturated rings. The van der Waals surface area contributed by atoms with Gasteiger partial charge in [0.2, 0.25) is 10.0 Å². The summed E-state index contributed by atoms with van der Waals surface area (Å²) in [6, 6.07) is 16.3. The van der Waals surface area contributed by atoms with Gasteiger partial charge in [0.25, 0.3) is 0 Å². The average Bonchev–Trinajstić information content (AvgIpc) is 3.17. The number of aryl methyl sites for hydroxylation is 1. The Labute approximate surface area is 177 Å². The van der Waals surface area contributed by atoms with Gasteiger partial charge in [-0.1, -0.05) is 73.3 Å². The lowest BCUT2D eigenvalue weighted by atomic mass is 9.97. The average molecular weight is 429 g/mol. The third-order valence-electron chi connectivity index (χ3n) is 5.09. The highest BCUT2D eigenvalue weighted by Gasteiger charge is 2.19. The van der Waals surface area contributed by atoms with E-state index in [1.54, 1.807) is 12.1 Å². The first kappa shape index (κ1) is 22.2. The molecule has 0 aliphatic rings. The van der Waals surface area contributed by atoms with Gasteiger partial charge in [0.1, 0.15) is 11.5 Å². The van der Waals surface area contributed by atoms with E-state index in [9.17, 15) is 8.42 Å². The molecule has 1 aromatic heterocycles. The Morgan fingerprint density at radius 3 is 2.10 bits per heavy atom. The molecule has 0 bridgehead atoms. The van der Waals surface area contributed by atoms with Gasteiger partial charge in [0, 0.05) is 18.6 Å².